The number of piperidine rings is 1. The third kappa shape index (κ3) is 3.72. The summed E-state index contributed by atoms with van der Waals surface area (Å²) >= 11 is 0. The zero-order valence-corrected chi connectivity index (χ0v) is 14.1. The number of likely N-dealkylation sites (tertiary alicyclic amines) is 1. The molecule has 1 unspecified atom stereocenters. The highest BCUT2D eigenvalue weighted by Crippen LogP contribution is 2.20. The number of aromatic amines is 1. The third-order valence-electron chi connectivity index (χ3n) is 4.45. The van der Waals surface area contributed by atoms with Crippen LogP contribution in [0.15, 0.2) is 29.6 Å². The first-order valence-corrected chi connectivity index (χ1v) is 8.39. The average molecular weight is 329 g/mol. The number of aromatic nitrogens is 4. The molecule has 0 aliphatic carbocycles. The molecule has 24 heavy (non-hydrogen) atoms. The molecule has 0 aromatic carbocycles. The first-order valence-electron chi connectivity index (χ1n) is 8.39. The summed E-state index contributed by atoms with van der Waals surface area (Å²) in [5.74, 6) is 0.467. The van der Waals surface area contributed by atoms with Crippen LogP contribution in [-0.2, 0) is 6.54 Å². The summed E-state index contributed by atoms with van der Waals surface area (Å²) in [6.07, 6.45) is 5.25. The Balaban J connectivity index is 1.73. The number of hydrogen-bond donors (Lipinski definition) is 1. The lowest BCUT2D eigenvalue weighted by Crippen LogP contribution is -2.41. The predicted molar refractivity (Wildman–Crippen MR) is 89.8 cm³/mol. The lowest BCUT2D eigenvalue weighted by Gasteiger charge is -2.32. The van der Waals surface area contributed by atoms with E-state index in [1.807, 2.05) is 23.4 Å². The van der Waals surface area contributed by atoms with Crippen molar-refractivity contribution in [2.75, 3.05) is 13.1 Å². The Hall–Kier alpha value is -2.44. The summed E-state index contributed by atoms with van der Waals surface area (Å²) in [6, 6.07) is 3.20. The summed E-state index contributed by atoms with van der Waals surface area (Å²) in [7, 11) is 0. The van der Waals surface area contributed by atoms with Gasteiger partial charge in [0.2, 0.25) is 5.56 Å². The van der Waals surface area contributed by atoms with Crippen molar-refractivity contribution in [3.63, 3.8) is 0 Å². The number of carbonyl (C=O) groups is 1. The summed E-state index contributed by atoms with van der Waals surface area (Å²) in [5, 5.41) is 4.14. The SMILES string of the molecule is CC(C)c1cc(C(=O)N2CCCC(Cn3cncn3)C2)cc(=O)[nH]1. The maximum Gasteiger partial charge on any atom is 0.254 e. The Morgan fingerprint density at radius 3 is 2.96 bits per heavy atom. The molecule has 1 fully saturated rings. The van der Waals surface area contributed by atoms with Gasteiger partial charge in [-0.15, -0.1) is 0 Å². The van der Waals surface area contributed by atoms with E-state index in [4.69, 9.17) is 0 Å². The monoisotopic (exact) mass is 329 g/mol. The Morgan fingerprint density at radius 1 is 1.42 bits per heavy atom. The van der Waals surface area contributed by atoms with Gasteiger partial charge in [-0.1, -0.05) is 13.8 Å². The van der Waals surface area contributed by atoms with E-state index >= 15 is 0 Å². The van der Waals surface area contributed by atoms with Crippen LogP contribution in [-0.4, -0.2) is 43.6 Å². The molecule has 7 nitrogen and oxygen atoms in total. The van der Waals surface area contributed by atoms with Gasteiger partial charge in [0, 0.05) is 37.0 Å². The Labute approximate surface area is 140 Å². The summed E-state index contributed by atoms with van der Waals surface area (Å²) in [4.78, 5) is 33.3. The van der Waals surface area contributed by atoms with Crippen molar-refractivity contribution in [2.24, 2.45) is 5.92 Å². The topological polar surface area (TPSA) is 83.9 Å². The van der Waals surface area contributed by atoms with Crippen molar-refractivity contribution in [1.82, 2.24) is 24.6 Å². The predicted octanol–water partition coefficient (Wildman–Crippen LogP) is 1.64. The zero-order chi connectivity index (χ0) is 17.1. The number of H-pyrrole nitrogens is 1. The van der Waals surface area contributed by atoms with Gasteiger partial charge in [-0.3, -0.25) is 14.3 Å². The minimum absolute atomic E-state index is 0.0636. The first kappa shape index (κ1) is 16.4. The molecule has 0 saturated carbocycles. The van der Waals surface area contributed by atoms with Crippen LogP contribution in [0.25, 0.3) is 0 Å². The molecular weight excluding hydrogens is 306 g/mol. The minimum Gasteiger partial charge on any atom is -0.338 e. The van der Waals surface area contributed by atoms with Crippen LogP contribution in [0, 0.1) is 5.92 Å². The molecule has 0 bridgehead atoms. The fourth-order valence-corrected chi connectivity index (χ4v) is 3.17. The zero-order valence-electron chi connectivity index (χ0n) is 14.1. The second-order valence-electron chi connectivity index (χ2n) is 6.72. The number of nitrogens with zero attached hydrogens (tertiary/aromatic N) is 4. The number of amides is 1. The summed E-state index contributed by atoms with van der Waals surface area (Å²) in [6.45, 7) is 6.17. The molecule has 1 aliphatic heterocycles. The molecule has 2 aromatic rings. The van der Waals surface area contributed by atoms with Gasteiger partial charge in [0.15, 0.2) is 0 Å². The van der Waals surface area contributed by atoms with E-state index in [-0.39, 0.29) is 17.4 Å². The van der Waals surface area contributed by atoms with E-state index in [9.17, 15) is 9.59 Å². The first-order chi connectivity index (χ1) is 11.5. The maximum absolute atomic E-state index is 12.8. The molecule has 1 atom stereocenters. The van der Waals surface area contributed by atoms with E-state index in [2.05, 4.69) is 15.1 Å². The molecule has 3 rings (SSSR count). The Kier molecular flexibility index (Phi) is 4.78. The van der Waals surface area contributed by atoms with Gasteiger partial charge < -0.3 is 9.88 Å². The average Bonchev–Trinajstić information content (AvgIpc) is 3.06. The highest BCUT2D eigenvalue weighted by atomic mass is 16.2. The molecule has 128 valence electrons. The molecular formula is C17H23N5O2. The summed E-state index contributed by atoms with van der Waals surface area (Å²) in [5.41, 5.74) is 1.05. The van der Waals surface area contributed by atoms with Crippen molar-refractivity contribution in [3.8, 4) is 0 Å². The van der Waals surface area contributed by atoms with Gasteiger partial charge in [0.25, 0.3) is 5.91 Å². The second-order valence-corrected chi connectivity index (χ2v) is 6.72. The van der Waals surface area contributed by atoms with Crippen molar-refractivity contribution >= 4 is 5.91 Å². The molecule has 1 aliphatic rings. The van der Waals surface area contributed by atoms with Gasteiger partial charge in [-0.25, -0.2) is 4.98 Å². The standard InChI is InChI=1S/C17H23N5O2/c1-12(2)15-6-14(7-16(23)20-15)17(24)21-5-3-4-13(8-21)9-22-11-18-10-19-22/h6-7,10-13H,3-5,8-9H2,1-2H3,(H,20,23). The Morgan fingerprint density at radius 2 is 2.25 bits per heavy atom. The highest BCUT2D eigenvalue weighted by Gasteiger charge is 2.25. The van der Waals surface area contributed by atoms with Crippen molar-refractivity contribution < 1.29 is 4.79 Å². The van der Waals surface area contributed by atoms with Crippen LogP contribution in [0.1, 0.15) is 48.7 Å². The van der Waals surface area contributed by atoms with E-state index in [0.717, 1.165) is 31.6 Å². The molecule has 1 saturated heterocycles. The van der Waals surface area contributed by atoms with Gasteiger partial charge >= 0.3 is 0 Å². The van der Waals surface area contributed by atoms with Crippen molar-refractivity contribution in [2.45, 2.75) is 39.2 Å². The third-order valence-corrected chi connectivity index (χ3v) is 4.45. The van der Waals surface area contributed by atoms with Gasteiger partial charge in [-0.2, -0.15) is 5.10 Å². The Bertz CT molecular complexity index is 751. The molecule has 2 aromatic heterocycles. The van der Waals surface area contributed by atoms with Crippen LogP contribution >= 0.6 is 0 Å². The summed E-state index contributed by atoms with van der Waals surface area (Å²) < 4.78 is 1.81. The van der Waals surface area contributed by atoms with E-state index in [1.54, 1.807) is 12.4 Å². The van der Waals surface area contributed by atoms with Crippen LogP contribution < -0.4 is 5.56 Å². The van der Waals surface area contributed by atoms with Crippen LogP contribution in [0.2, 0.25) is 0 Å². The lowest BCUT2D eigenvalue weighted by molar-refractivity contribution is 0.0659. The van der Waals surface area contributed by atoms with Gasteiger partial charge in [0.05, 0.1) is 0 Å². The van der Waals surface area contributed by atoms with Crippen molar-refractivity contribution in [1.29, 1.82) is 0 Å². The number of carbonyl (C=O) groups excluding carboxylic acids is 1. The number of hydrogen-bond acceptors (Lipinski definition) is 4. The molecule has 1 N–H and O–H groups in total. The number of nitrogens with one attached hydrogen (secondary N) is 1. The van der Waals surface area contributed by atoms with E-state index in [1.165, 1.54) is 12.4 Å². The lowest BCUT2D eigenvalue weighted by atomic mass is 9.97. The quantitative estimate of drug-likeness (QED) is 0.924. The smallest absolute Gasteiger partial charge is 0.254 e. The normalized spacial score (nSPS) is 18.1. The highest BCUT2D eigenvalue weighted by molar-refractivity contribution is 5.94. The number of rotatable bonds is 4. The minimum atomic E-state index is -0.222. The molecule has 0 radical (unpaired) electrons. The van der Waals surface area contributed by atoms with Crippen LogP contribution in [0.4, 0.5) is 0 Å². The molecule has 1 amide bonds. The fourth-order valence-electron chi connectivity index (χ4n) is 3.17. The number of pyridine rings is 1. The van der Waals surface area contributed by atoms with Crippen LogP contribution in [0.3, 0.4) is 0 Å². The molecule has 0 spiro atoms. The fraction of sp³-hybridized carbons (Fsp3) is 0.529. The van der Waals surface area contributed by atoms with Crippen LogP contribution in [0.5, 0.6) is 0 Å². The van der Waals surface area contributed by atoms with E-state index < -0.39 is 0 Å². The van der Waals surface area contributed by atoms with E-state index in [0.29, 0.717) is 18.0 Å². The van der Waals surface area contributed by atoms with Gasteiger partial charge in [0.1, 0.15) is 12.7 Å². The van der Waals surface area contributed by atoms with Gasteiger partial charge in [-0.05, 0) is 30.7 Å². The van der Waals surface area contributed by atoms with Crippen molar-refractivity contribution in [3.05, 3.63) is 46.4 Å². The molecule has 3 heterocycles. The molecule has 7 heteroatoms. The maximum atomic E-state index is 12.8. The second kappa shape index (κ2) is 6.98. The largest absolute Gasteiger partial charge is 0.338 e.